The predicted octanol–water partition coefficient (Wildman–Crippen LogP) is 3.32. The number of anilines is 1. The number of hydrogen-bond acceptors (Lipinski definition) is 4. The van der Waals surface area contributed by atoms with Crippen LogP contribution in [-0.2, 0) is 6.54 Å². The Balaban J connectivity index is 1.63. The number of rotatable bonds is 4. The second-order valence-corrected chi connectivity index (χ2v) is 6.58. The van der Waals surface area contributed by atoms with Gasteiger partial charge in [0.25, 0.3) is 5.91 Å². The summed E-state index contributed by atoms with van der Waals surface area (Å²) in [7, 11) is 3.31. The maximum atomic E-state index is 12.3. The van der Waals surface area contributed by atoms with Crippen LogP contribution in [0.1, 0.15) is 15.9 Å². The van der Waals surface area contributed by atoms with Crippen molar-refractivity contribution in [2.75, 3.05) is 19.4 Å². The first-order valence-corrected chi connectivity index (χ1v) is 8.57. The Morgan fingerprint density at radius 3 is 2.52 bits per heavy atom. The molecule has 1 aromatic heterocycles. The summed E-state index contributed by atoms with van der Waals surface area (Å²) < 4.78 is 1.03. The van der Waals surface area contributed by atoms with Crippen LogP contribution in [0.4, 0.5) is 9.93 Å². The zero-order chi connectivity index (χ0) is 17.8. The maximum absolute atomic E-state index is 12.3. The number of amides is 3. The Morgan fingerprint density at radius 2 is 1.84 bits per heavy atom. The Morgan fingerprint density at radius 1 is 1.12 bits per heavy atom. The van der Waals surface area contributed by atoms with Crippen LogP contribution in [0.3, 0.4) is 0 Å². The molecule has 6 nitrogen and oxygen atoms in total. The minimum absolute atomic E-state index is 0.131. The summed E-state index contributed by atoms with van der Waals surface area (Å²) in [5, 5.41) is 5.98. The number of para-hydroxylation sites is 1. The average molecular weight is 354 g/mol. The SMILES string of the molecule is CNC(=O)c1ccc(CN(C)C(=O)Nc2nc3ccccc3s2)cc1. The minimum atomic E-state index is -0.227. The second kappa shape index (κ2) is 7.31. The van der Waals surface area contributed by atoms with Gasteiger partial charge in [0.05, 0.1) is 10.2 Å². The molecule has 0 spiro atoms. The normalized spacial score (nSPS) is 10.5. The van der Waals surface area contributed by atoms with E-state index in [0.717, 1.165) is 15.8 Å². The van der Waals surface area contributed by atoms with Crippen LogP contribution in [-0.4, -0.2) is 35.9 Å². The van der Waals surface area contributed by atoms with Gasteiger partial charge < -0.3 is 10.2 Å². The largest absolute Gasteiger partial charge is 0.355 e. The zero-order valence-corrected chi connectivity index (χ0v) is 14.8. The van der Waals surface area contributed by atoms with Crippen LogP contribution < -0.4 is 10.6 Å². The number of benzene rings is 2. The van der Waals surface area contributed by atoms with Gasteiger partial charge in [-0.3, -0.25) is 10.1 Å². The molecule has 0 fully saturated rings. The van der Waals surface area contributed by atoms with Crippen molar-refractivity contribution in [3.05, 3.63) is 59.7 Å². The highest BCUT2D eigenvalue weighted by atomic mass is 32.1. The monoisotopic (exact) mass is 354 g/mol. The maximum Gasteiger partial charge on any atom is 0.323 e. The van der Waals surface area contributed by atoms with Gasteiger partial charge in [-0.1, -0.05) is 35.6 Å². The van der Waals surface area contributed by atoms with Crippen LogP contribution >= 0.6 is 11.3 Å². The highest BCUT2D eigenvalue weighted by Gasteiger charge is 2.12. The van der Waals surface area contributed by atoms with Gasteiger partial charge >= 0.3 is 6.03 Å². The van der Waals surface area contributed by atoms with Gasteiger partial charge in [0.1, 0.15) is 0 Å². The third kappa shape index (κ3) is 3.95. The summed E-state index contributed by atoms with van der Waals surface area (Å²) in [5.41, 5.74) is 2.40. The number of fused-ring (bicyclic) bond motifs is 1. The van der Waals surface area contributed by atoms with Crippen molar-refractivity contribution in [2.45, 2.75) is 6.54 Å². The fraction of sp³-hybridized carbons (Fsp3) is 0.167. The molecule has 0 atom stereocenters. The molecule has 0 aliphatic carbocycles. The van der Waals surface area contributed by atoms with E-state index >= 15 is 0 Å². The first kappa shape index (κ1) is 16.9. The fourth-order valence-electron chi connectivity index (χ4n) is 2.36. The molecule has 2 N–H and O–H groups in total. The third-order valence-corrected chi connectivity index (χ3v) is 4.67. The van der Waals surface area contributed by atoms with E-state index in [-0.39, 0.29) is 11.9 Å². The van der Waals surface area contributed by atoms with E-state index in [1.54, 1.807) is 31.1 Å². The van der Waals surface area contributed by atoms with Crippen molar-refractivity contribution in [3.8, 4) is 0 Å². The molecule has 0 saturated carbocycles. The molecule has 0 radical (unpaired) electrons. The molecular formula is C18H18N4O2S. The van der Waals surface area contributed by atoms with Crippen LogP contribution in [0.25, 0.3) is 10.2 Å². The molecular weight excluding hydrogens is 336 g/mol. The predicted molar refractivity (Wildman–Crippen MR) is 99.9 cm³/mol. The molecule has 3 rings (SSSR count). The zero-order valence-electron chi connectivity index (χ0n) is 13.9. The average Bonchev–Trinajstić information content (AvgIpc) is 3.03. The summed E-state index contributed by atoms with van der Waals surface area (Å²) in [4.78, 5) is 29.8. The van der Waals surface area contributed by atoms with E-state index in [1.807, 2.05) is 36.4 Å². The van der Waals surface area contributed by atoms with Crippen molar-refractivity contribution in [1.29, 1.82) is 0 Å². The van der Waals surface area contributed by atoms with E-state index in [1.165, 1.54) is 11.3 Å². The van der Waals surface area contributed by atoms with Crippen LogP contribution in [0, 0.1) is 0 Å². The van der Waals surface area contributed by atoms with Gasteiger partial charge in [0.15, 0.2) is 5.13 Å². The van der Waals surface area contributed by atoms with Gasteiger partial charge in [-0.2, -0.15) is 0 Å². The third-order valence-electron chi connectivity index (χ3n) is 3.72. The number of urea groups is 1. The molecule has 3 amide bonds. The summed E-state index contributed by atoms with van der Waals surface area (Å²) >= 11 is 1.44. The van der Waals surface area contributed by atoms with E-state index in [4.69, 9.17) is 0 Å². The van der Waals surface area contributed by atoms with Gasteiger partial charge in [-0.25, -0.2) is 9.78 Å². The molecule has 0 bridgehead atoms. The molecule has 128 valence electrons. The van der Waals surface area contributed by atoms with Gasteiger partial charge in [-0.05, 0) is 29.8 Å². The van der Waals surface area contributed by atoms with E-state index in [9.17, 15) is 9.59 Å². The Kier molecular flexibility index (Phi) is 4.95. The number of hydrogen-bond donors (Lipinski definition) is 2. The lowest BCUT2D eigenvalue weighted by molar-refractivity contribution is 0.0963. The van der Waals surface area contributed by atoms with Crippen LogP contribution in [0.5, 0.6) is 0 Å². The molecule has 0 aliphatic heterocycles. The summed E-state index contributed by atoms with van der Waals surface area (Å²) in [6.07, 6.45) is 0. The van der Waals surface area contributed by atoms with Crippen molar-refractivity contribution in [3.63, 3.8) is 0 Å². The highest BCUT2D eigenvalue weighted by molar-refractivity contribution is 7.22. The minimum Gasteiger partial charge on any atom is -0.355 e. The van der Waals surface area contributed by atoms with Gasteiger partial charge in [0, 0.05) is 26.2 Å². The van der Waals surface area contributed by atoms with Crippen LogP contribution in [0.15, 0.2) is 48.5 Å². The lowest BCUT2D eigenvalue weighted by atomic mass is 10.1. The van der Waals surface area contributed by atoms with E-state index in [2.05, 4.69) is 15.6 Å². The lowest BCUT2D eigenvalue weighted by Gasteiger charge is -2.17. The number of aromatic nitrogens is 1. The number of carbonyl (C=O) groups excluding carboxylic acids is 2. The molecule has 7 heteroatoms. The first-order valence-electron chi connectivity index (χ1n) is 7.75. The molecule has 0 saturated heterocycles. The standard InChI is InChI=1S/C18H18N4O2S/c1-19-16(23)13-9-7-12(8-10-13)11-22(2)18(24)21-17-20-14-5-3-4-6-15(14)25-17/h3-10H,11H2,1-2H3,(H,19,23)(H,20,21,24). The smallest absolute Gasteiger partial charge is 0.323 e. The number of nitrogens with one attached hydrogen (secondary N) is 2. The summed E-state index contributed by atoms with van der Waals surface area (Å²) in [6.45, 7) is 0.435. The molecule has 0 aliphatic rings. The topological polar surface area (TPSA) is 74.3 Å². The molecule has 1 heterocycles. The fourth-order valence-corrected chi connectivity index (χ4v) is 3.22. The van der Waals surface area contributed by atoms with Crippen LogP contribution in [0.2, 0.25) is 0 Å². The Bertz CT molecular complexity index is 872. The van der Waals surface area contributed by atoms with Crippen molar-refractivity contribution in [2.24, 2.45) is 0 Å². The number of thiazole rings is 1. The van der Waals surface area contributed by atoms with Gasteiger partial charge in [-0.15, -0.1) is 0 Å². The lowest BCUT2D eigenvalue weighted by Crippen LogP contribution is -2.30. The van der Waals surface area contributed by atoms with E-state index in [0.29, 0.717) is 17.2 Å². The summed E-state index contributed by atoms with van der Waals surface area (Å²) in [6, 6.07) is 14.7. The number of nitrogens with zero attached hydrogens (tertiary/aromatic N) is 2. The molecule has 2 aromatic carbocycles. The molecule has 0 unspecified atom stereocenters. The quantitative estimate of drug-likeness (QED) is 0.755. The highest BCUT2D eigenvalue weighted by Crippen LogP contribution is 2.25. The summed E-state index contributed by atoms with van der Waals surface area (Å²) in [5.74, 6) is -0.131. The Hall–Kier alpha value is -2.93. The van der Waals surface area contributed by atoms with E-state index < -0.39 is 0 Å². The molecule has 3 aromatic rings. The Labute approximate surface area is 149 Å². The second-order valence-electron chi connectivity index (χ2n) is 5.55. The van der Waals surface area contributed by atoms with Gasteiger partial charge in [0.2, 0.25) is 0 Å². The van der Waals surface area contributed by atoms with Crippen molar-refractivity contribution in [1.82, 2.24) is 15.2 Å². The molecule has 25 heavy (non-hydrogen) atoms. The van der Waals surface area contributed by atoms with Crippen molar-refractivity contribution < 1.29 is 9.59 Å². The van der Waals surface area contributed by atoms with Crippen molar-refractivity contribution >= 4 is 38.6 Å². The number of carbonyl (C=O) groups is 2. The first-order chi connectivity index (χ1) is 12.1.